The monoisotopic (exact) mass is 263 g/mol. The lowest BCUT2D eigenvalue weighted by Gasteiger charge is -2.27. The fourth-order valence-electron chi connectivity index (χ4n) is 2.51. The van der Waals surface area contributed by atoms with Crippen LogP contribution in [-0.2, 0) is 13.0 Å². The van der Waals surface area contributed by atoms with Crippen LogP contribution in [0, 0.1) is 17.5 Å². The molecule has 1 atom stereocenters. The molecule has 0 radical (unpaired) electrons. The molecule has 1 nitrogen and oxygen atoms in total. The fraction of sp³-hybridized carbons (Fsp3) is 0.200. The maximum atomic E-state index is 13.8. The number of hydrogen-bond donors (Lipinski definition) is 1. The number of hydrogen-bond acceptors (Lipinski definition) is 1. The summed E-state index contributed by atoms with van der Waals surface area (Å²) in [6.07, 6.45) is 0.322. The van der Waals surface area contributed by atoms with Gasteiger partial charge in [0.25, 0.3) is 0 Å². The van der Waals surface area contributed by atoms with Gasteiger partial charge in [-0.15, -0.1) is 0 Å². The van der Waals surface area contributed by atoms with E-state index < -0.39 is 17.5 Å². The third-order valence-corrected chi connectivity index (χ3v) is 3.52. The fourth-order valence-corrected chi connectivity index (χ4v) is 2.51. The van der Waals surface area contributed by atoms with Gasteiger partial charge in [0, 0.05) is 24.2 Å². The zero-order valence-corrected chi connectivity index (χ0v) is 10.1. The standard InChI is InChI=1S/C15H12F3N/c16-12-7-13(17)15(18)11-8-19-14(6-10(11)12)9-4-2-1-3-5-9/h1-5,7,14,19H,6,8H2. The van der Waals surface area contributed by atoms with Gasteiger partial charge in [-0.2, -0.15) is 0 Å². The Balaban J connectivity index is 1.99. The van der Waals surface area contributed by atoms with Crippen molar-refractivity contribution in [2.45, 2.75) is 19.0 Å². The van der Waals surface area contributed by atoms with Crippen molar-refractivity contribution in [2.75, 3.05) is 0 Å². The third-order valence-electron chi connectivity index (χ3n) is 3.52. The van der Waals surface area contributed by atoms with Gasteiger partial charge < -0.3 is 5.32 Å². The van der Waals surface area contributed by atoms with Crippen LogP contribution in [0.2, 0.25) is 0 Å². The molecule has 1 heterocycles. The molecule has 0 saturated carbocycles. The Morgan fingerprint density at radius 2 is 1.68 bits per heavy atom. The Morgan fingerprint density at radius 1 is 0.947 bits per heavy atom. The predicted molar refractivity (Wildman–Crippen MR) is 66.0 cm³/mol. The number of benzene rings is 2. The van der Waals surface area contributed by atoms with E-state index in [1.165, 1.54) is 0 Å². The summed E-state index contributed by atoms with van der Waals surface area (Å²) in [6, 6.07) is 10.1. The molecule has 19 heavy (non-hydrogen) atoms. The van der Waals surface area contributed by atoms with Crippen molar-refractivity contribution in [1.29, 1.82) is 0 Å². The topological polar surface area (TPSA) is 12.0 Å². The Bertz CT molecular complexity index is 611. The molecule has 1 unspecified atom stereocenters. The number of rotatable bonds is 1. The lowest BCUT2D eigenvalue weighted by molar-refractivity contribution is 0.429. The van der Waals surface area contributed by atoms with Crippen LogP contribution in [0.1, 0.15) is 22.7 Å². The van der Waals surface area contributed by atoms with E-state index in [4.69, 9.17) is 0 Å². The summed E-state index contributed by atoms with van der Waals surface area (Å²) in [5.74, 6) is -2.75. The van der Waals surface area contributed by atoms with Crippen molar-refractivity contribution in [3.05, 3.63) is 70.5 Å². The summed E-state index contributed by atoms with van der Waals surface area (Å²) in [6.45, 7) is 0.134. The second kappa shape index (κ2) is 4.70. The normalized spacial score (nSPS) is 18.2. The lowest BCUT2D eigenvalue weighted by atomic mass is 9.91. The second-order valence-electron chi connectivity index (χ2n) is 4.66. The van der Waals surface area contributed by atoms with Crippen LogP contribution in [-0.4, -0.2) is 0 Å². The van der Waals surface area contributed by atoms with Gasteiger partial charge in [0.05, 0.1) is 0 Å². The van der Waals surface area contributed by atoms with E-state index in [0.717, 1.165) is 5.56 Å². The predicted octanol–water partition coefficient (Wildman–Crippen LogP) is 3.49. The van der Waals surface area contributed by atoms with Gasteiger partial charge >= 0.3 is 0 Å². The van der Waals surface area contributed by atoms with Crippen molar-refractivity contribution in [3.8, 4) is 0 Å². The van der Waals surface area contributed by atoms with Crippen LogP contribution in [0.15, 0.2) is 36.4 Å². The average Bonchev–Trinajstić information content (AvgIpc) is 2.45. The Kier molecular flexibility index (Phi) is 3.03. The van der Waals surface area contributed by atoms with Crippen molar-refractivity contribution < 1.29 is 13.2 Å². The molecule has 4 heteroatoms. The van der Waals surface area contributed by atoms with Crippen molar-refractivity contribution >= 4 is 0 Å². The van der Waals surface area contributed by atoms with E-state index in [9.17, 15) is 13.2 Å². The molecule has 0 spiro atoms. The molecule has 0 aliphatic carbocycles. The van der Waals surface area contributed by atoms with E-state index in [2.05, 4.69) is 5.32 Å². The first-order chi connectivity index (χ1) is 9.16. The molecule has 0 bridgehead atoms. The Labute approximate surface area is 109 Å². The molecule has 2 aromatic carbocycles. The molecular formula is C15H12F3N. The van der Waals surface area contributed by atoms with E-state index in [-0.39, 0.29) is 23.7 Å². The first-order valence-corrected chi connectivity index (χ1v) is 6.10. The molecule has 1 aliphatic rings. The lowest BCUT2D eigenvalue weighted by Crippen LogP contribution is -2.30. The van der Waals surface area contributed by atoms with E-state index in [1.54, 1.807) is 0 Å². The largest absolute Gasteiger partial charge is 0.305 e. The summed E-state index contributed by atoms with van der Waals surface area (Å²) in [5, 5.41) is 3.11. The van der Waals surface area contributed by atoms with Crippen LogP contribution in [0.25, 0.3) is 0 Å². The van der Waals surface area contributed by atoms with Crippen molar-refractivity contribution in [3.63, 3.8) is 0 Å². The zero-order valence-electron chi connectivity index (χ0n) is 10.1. The molecule has 0 amide bonds. The van der Waals surface area contributed by atoms with Crippen LogP contribution in [0.4, 0.5) is 13.2 Å². The molecule has 0 aromatic heterocycles. The second-order valence-corrected chi connectivity index (χ2v) is 4.66. The molecular weight excluding hydrogens is 251 g/mol. The highest BCUT2D eigenvalue weighted by atomic mass is 19.2. The molecule has 98 valence electrons. The van der Waals surface area contributed by atoms with Gasteiger partial charge in [-0.3, -0.25) is 0 Å². The van der Waals surface area contributed by atoms with Gasteiger partial charge in [-0.1, -0.05) is 30.3 Å². The summed E-state index contributed by atoms with van der Waals surface area (Å²) >= 11 is 0. The van der Waals surface area contributed by atoms with Gasteiger partial charge in [0.15, 0.2) is 11.6 Å². The van der Waals surface area contributed by atoms with Gasteiger partial charge in [-0.05, 0) is 17.5 Å². The number of fused-ring (bicyclic) bond motifs is 1. The summed E-state index contributed by atoms with van der Waals surface area (Å²) in [7, 11) is 0. The highest BCUT2D eigenvalue weighted by Crippen LogP contribution is 2.30. The van der Waals surface area contributed by atoms with Crippen LogP contribution < -0.4 is 5.32 Å². The van der Waals surface area contributed by atoms with Crippen LogP contribution >= 0.6 is 0 Å². The smallest absolute Gasteiger partial charge is 0.163 e. The molecule has 2 aromatic rings. The minimum Gasteiger partial charge on any atom is -0.305 e. The van der Waals surface area contributed by atoms with Crippen LogP contribution in [0.5, 0.6) is 0 Å². The third kappa shape index (κ3) is 2.12. The van der Waals surface area contributed by atoms with E-state index >= 15 is 0 Å². The minimum absolute atomic E-state index is 0.0759. The average molecular weight is 263 g/mol. The molecule has 1 N–H and O–H groups in total. The quantitative estimate of drug-likeness (QED) is 0.777. The molecule has 0 fully saturated rings. The SMILES string of the molecule is Fc1cc(F)c2c(c1F)CNC(c1ccccc1)C2. The van der Waals surface area contributed by atoms with Crippen molar-refractivity contribution in [2.24, 2.45) is 0 Å². The summed E-state index contributed by atoms with van der Waals surface area (Å²) in [4.78, 5) is 0. The van der Waals surface area contributed by atoms with Gasteiger partial charge in [-0.25, -0.2) is 13.2 Å². The summed E-state index contributed by atoms with van der Waals surface area (Å²) in [5.41, 5.74) is 1.38. The van der Waals surface area contributed by atoms with Gasteiger partial charge in [0.1, 0.15) is 5.82 Å². The Hall–Kier alpha value is -1.81. The molecule has 3 rings (SSSR count). The highest BCUT2D eigenvalue weighted by Gasteiger charge is 2.26. The minimum atomic E-state index is -1.13. The van der Waals surface area contributed by atoms with E-state index in [1.807, 2.05) is 30.3 Å². The molecule has 0 saturated heterocycles. The maximum Gasteiger partial charge on any atom is 0.163 e. The van der Waals surface area contributed by atoms with Crippen molar-refractivity contribution in [1.82, 2.24) is 5.32 Å². The van der Waals surface area contributed by atoms with Crippen LogP contribution in [0.3, 0.4) is 0 Å². The highest BCUT2D eigenvalue weighted by molar-refractivity contribution is 5.36. The number of nitrogens with one attached hydrogen (secondary N) is 1. The van der Waals surface area contributed by atoms with Gasteiger partial charge in [0.2, 0.25) is 0 Å². The van der Waals surface area contributed by atoms with E-state index in [0.29, 0.717) is 12.5 Å². The summed E-state index contributed by atoms with van der Waals surface area (Å²) < 4.78 is 40.5. The first-order valence-electron chi connectivity index (χ1n) is 6.10. The Morgan fingerprint density at radius 3 is 2.42 bits per heavy atom. The molecule has 1 aliphatic heterocycles. The first kappa shape index (κ1) is 12.2. The number of halogens is 3. The maximum absolute atomic E-state index is 13.8. The zero-order chi connectivity index (χ0) is 13.4.